The molecular formula is C8H15NO2. The lowest BCUT2D eigenvalue weighted by Gasteiger charge is -2.29. The molecule has 3 nitrogen and oxygen atoms in total. The van der Waals surface area contributed by atoms with Crippen molar-refractivity contribution >= 4 is 5.97 Å². The van der Waals surface area contributed by atoms with Crippen LogP contribution in [0, 0.1) is 0 Å². The first kappa shape index (κ1) is 8.53. The number of carbonyl (C=O) groups excluding carboxylic acids is 1. The normalized spacial score (nSPS) is 26.5. The van der Waals surface area contributed by atoms with Gasteiger partial charge in [0.2, 0.25) is 0 Å². The molecule has 0 spiro atoms. The summed E-state index contributed by atoms with van der Waals surface area (Å²) in [6, 6.07) is 0.00810. The average molecular weight is 157 g/mol. The van der Waals surface area contributed by atoms with E-state index in [4.69, 9.17) is 0 Å². The van der Waals surface area contributed by atoms with Gasteiger partial charge in [0, 0.05) is 0 Å². The van der Waals surface area contributed by atoms with E-state index >= 15 is 0 Å². The topological polar surface area (TPSA) is 29.5 Å². The van der Waals surface area contributed by atoms with Crippen molar-refractivity contribution in [2.75, 3.05) is 20.7 Å². The minimum Gasteiger partial charge on any atom is -0.468 e. The van der Waals surface area contributed by atoms with Crippen molar-refractivity contribution in [2.45, 2.75) is 25.3 Å². The van der Waals surface area contributed by atoms with Gasteiger partial charge in [-0.15, -0.1) is 0 Å². The number of likely N-dealkylation sites (N-methyl/N-ethyl adjacent to an activating group) is 1. The first-order chi connectivity index (χ1) is 5.25. The molecule has 1 rings (SSSR count). The van der Waals surface area contributed by atoms with Gasteiger partial charge < -0.3 is 4.74 Å². The van der Waals surface area contributed by atoms with Crippen LogP contribution in [0.15, 0.2) is 0 Å². The Hall–Kier alpha value is -0.570. The average Bonchev–Trinajstić information content (AvgIpc) is 2.04. The lowest BCUT2D eigenvalue weighted by Crippen LogP contribution is -2.42. The number of likely N-dealkylation sites (tertiary alicyclic amines) is 1. The highest BCUT2D eigenvalue weighted by Crippen LogP contribution is 2.15. The maximum atomic E-state index is 11.1. The zero-order valence-electron chi connectivity index (χ0n) is 7.17. The standard InChI is InChI=1S/C8H15NO2/c1-9-6-4-3-5-7(9)8(10)11-2/h7H,3-6H2,1-2H3. The summed E-state index contributed by atoms with van der Waals surface area (Å²) in [5.74, 6) is -0.0906. The fraction of sp³-hybridized carbons (Fsp3) is 0.875. The van der Waals surface area contributed by atoms with E-state index in [1.165, 1.54) is 13.5 Å². The van der Waals surface area contributed by atoms with E-state index in [2.05, 4.69) is 9.64 Å². The van der Waals surface area contributed by atoms with Crippen LogP contribution in [0.4, 0.5) is 0 Å². The molecule has 1 aliphatic rings. The van der Waals surface area contributed by atoms with Gasteiger partial charge in [-0.2, -0.15) is 0 Å². The van der Waals surface area contributed by atoms with Crippen molar-refractivity contribution < 1.29 is 9.53 Å². The molecule has 1 fully saturated rings. The summed E-state index contributed by atoms with van der Waals surface area (Å²) in [5.41, 5.74) is 0. The largest absolute Gasteiger partial charge is 0.468 e. The number of hydrogen-bond donors (Lipinski definition) is 0. The van der Waals surface area contributed by atoms with E-state index in [1.54, 1.807) is 0 Å². The third-order valence-electron chi connectivity index (χ3n) is 2.24. The molecule has 0 bridgehead atoms. The molecule has 1 atom stereocenters. The Bertz CT molecular complexity index is 147. The van der Waals surface area contributed by atoms with Gasteiger partial charge in [-0.25, -0.2) is 0 Å². The number of ether oxygens (including phenoxy) is 1. The van der Waals surface area contributed by atoms with Crippen molar-refractivity contribution in [3.63, 3.8) is 0 Å². The molecule has 0 N–H and O–H groups in total. The molecule has 0 aromatic heterocycles. The highest BCUT2D eigenvalue weighted by atomic mass is 16.5. The summed E-state index contributed by atoms with van der Waals surface area (Å²) in [6.45, 7) is 1.01. The smallest absolute Gasteiger partial charge is 0.323 e. The van der Waals surface area contributed by atoms with Crippen LogP contribution in [0.3, 0.4) is 0 Å². The van der Waals surface area contributed by atoms with Crippen LogP contribution in [-0.4, -0.2) is 37.6 Å². The van der Waals surface area contributed by atoms with E-state index in [-0.39, 0.29) is 12.0 Å². The van der Waals surface area contributed by atoms with Gasteiger partial charge in [-0.1, -0.05) is 6.42 Å². The number of carbonyl (C=O) groups is 1. The van der Waals surface area contributed by atoms with Crippen LogP contribution in [0.1, 0.15) is 19.3 Å². The van der Waals surface area contributed by atoms with E-state index < -0.39 is 0 Å². The third-order valence-corrected chi connectivity index (χ3v) is 2.24. The Labute approximate surface area is 67.3 Å². The summed E-state index contributed by atoms with van der Waals surface area (Å²) in [5, 5.41) is 0. The van der Waals surface area contributed by atoms with Gasteiger partial charge in [0.05, 0.1) is 7.11 Å². The number of piperidine rings is 1. The fourth-order valence-corrected chi connectivity index (χ4v) is 1.51. The summed E-state index contributed by atoms with van der Waals surface area (Å²) in [4.78, 5) is 13.2. The monoisotopic (exact) mass is 157 g/mol. The number of rotatable bonds is 1. The Kier molecular flexibility index (Phi) is 2.88. The first-order valence-electron chi connectivity index (χ1n) is 4.04. The second-order valence-corrected chi connectivity index (χ2v) is 3.02. The Morgan fingerprint density at radius 2 is 2.27 bits per heavy atom. The van der Waals surface area contributed by atoms with Crippen LogP contribution < -0.4 is 0 Å². The number of esters is 1. The lowest BCUT2D eigenvalue weighted by molar-refractivity contribution is -0.147. The van der Waals surface area contributed by atoms with Crippen LogP contribution >= 0.6 is 0 Å². The van der Waals surface area contributed by atoms with E-state index in [9.17, 15) is 4.79 Å². The molecule has 11 heavy (non-hydrogen) atoms. The summed E-state index contributed by atoms with van der Waals surface area (Å²) < 4.78 is 4.68. The molecule has 0 aliphatic carbocycles. The molecule has 64 valence electrons. The molecule has 1 heterocycles. The van der Waals surface area contributed by atoms with Crippen molar-refractivity contribution in [3.8, 4) is 0 Å². The van der Waals surface area contributed by atoms with Gasteiger partial charge in [0.1, 0.15) is 6.04 Å². The van der Waals surface area contributed by atoms with Gasteiger partial charge in [0.25, 0.3) is 0 Å². The molecule has 0 aromatic rings. The van der Waals surface area contributed by atoms with Crippen LogP contribution in [0.25, 0.3) is 0 Å². The van der Waals surface area contributed by atoms with Crippen molar-refractivity contribution in [2.24, 2.45) is 0 Å². The van der Waals surface area contributed by atoms with Crippen LogP contribution in [0.5, 0.6) is 0 Å². The molecule has 1 aliphatic heterocycles. The van der Waals surface area contributed by atoms with Gasteiger partial charge in [-0.3, -0.25) is 9.69 Å². The number of hydrogen-bond acceptors (Lipinski definition) is 3. The Balaban J connectivity index is 2.47. The predicted octanol–water partition coefficient (Wildman–Crippen LogP) is 0.644. The Morgan fingerprint density at radius 3 is 2.82 bits per heavy atom. The zero-order chi connectivity index (χ0) is 8.27. The molecular weight excluding hydrogens is 142 g/mol. The van der Waals surface area contributed by atoms with Crippen molar-refractivity contribution in [3.05, 3.63) is 0 Å². The van der Waals surface area contributed by atoms with Crippen molar-refractivity contribution in [1.29, 1.82) is 0 Å². The molecule has 3 heteroatoms. The zero-order valence-corrected chi connectivity index (χ0v) is 7.17. The molecule has 1 unspecified atom stereocenters. The van der Waals surface area contributed by atoms with E-state index in [0.717, 1.165) is 19.4 Å². The minimum atomic E-state index is -0.0906. The number of nitrogens with zero attached hydrogens (tertiary/aromatic N) is 1. The first-order valence-corrected chi connectivity index (χ1v) is 4.04. The lowest BCUT2D eigenvalue weighted by atomic mass is 10.0. The second-order valence-electron chi connectivity index (χ2n) is 3.02. The third kappa shape index (κ3) is 1.93. The summed E-state index contributed by atoms with van der Waals surface area (Å²) in [7, 11) is 3.42. The molecule has 0 amide bonds. The molecule has 0 saturated carbocycles. The quantitative estimate of drug-likeness (QED) is 0.523. The second kappa shape index (κ2) is 3.72. The maximum Gasteiger partial charge on any atom is 0.323 e. The fourth-order valence-electron chi connectivity index (χ4n) is 1.51. The minimum absolute atomic E-state index is 0.00810. The maximum absolute atomic E-state index is 11.1. The summed E-state index contributed by atoms with van der Waals surface area (Å²) >= 11 is 0. The summed E-state index contributed by atoms with van der Waals surface area (Å²) in [6.07, 6.45) is 3.29. The van der Waals surface area contributed by atoms with Gasteiger partial charge in [-0.05, 0) is 26.4 Å². The van der Waals surface area contributed by atoms with E-state index in [1.807, 2.05) is 7.05 Å². The highest BCUT2D eigenvalue weighted by molar-refractivity contribution is 5.75. The van der Waals surface area contributed by atoms with Crippen LogP contribution in [0.2, 0.25) is 0 Å². The Morgan fingerprint density at radius 1 is 1.55 bits per heavy atom. The highest BCUT2D eigenvalue weighted by Gasteiger charge is 2.25. The van der Waals surface area contributed by atoms with Gasteiger partial charge >= 0.3 is 5.97 Å². The van der Waals surface area contributed by atoms with Crippen LogP contribution in [-0.2, 0) is 9.53 Å². The SMILES string of the molecule is COC(=O)C1CCCCN1C. The van der Waals surface area contributed by atoms with Gasteiger partial charge in [0.15, 0.2) is 0 Å². The van der Waals surface area contributed by atoms with E-state index in [0.29, 0.717) is 0 Å². The number of methoxy groups -OCH3 is 1. The molecule has 0 radical (unpaired) electrons. The predicted molar refractivity (Wildman–Crippen MR) is 42.3 cm³/mol. The molecule has 0 aromatic carbocycles. The van der Waals surface area contributed by atoms with Crippen molar-refractivity contribution in [1.82, 2.24) is 4.90 Å². The molecule has 1 saturated heterocycles.